The molecule has 0 heterocycles. The van der Waals surface area contributed by atoms with Crippen molar-refractivity contribution in [2.24, 2.45) is 5.73 Å². The highest BCUT2D eigenvalue weighted by Gasteiger charge is 2.38. The van der Waals surface area contributed by atoms with E-state index in [4.69, 9.17) is 10.5 Å². The number of nitrogens with two attached hydrogens (primary N) is 1. The molecule has 3 nitrogen and oxygen atoms in total. The Balaban J connectivity index is 2.05. The molecule has 156 valence electrons. The number of esters is 1. The first kappa shape index (κ1) is 22.1. The van der Waals surface area contributed by atoms with Crippen LogP contribution in [0.15, 0.2) is 91.0 Å². The number of carbonyl (C=O) groups excluding carboxylic acids is 1. The van der Waals surface area contributed by atoms with Gasteiger partial charge in [0.1, 0.15) is 11.6 Å². The third-order valence-electron chi connectivity index (χ3n) is 4.73. The summed E-state index contributed by atoms with van der Waals surface area (Å²) in [7, 11) is 0. The molecule has 0 saturated heterocycles. The molecular weight excluding hydrogens is 390 g/mol. The number of hydrogen-bond acceptors (Lipinski definition) is 4. The highest BCUT2D eigenvalue weighted by Crippen LogP contribution is 2.48. The lowest BCUT2D eigenvalue weighted by Gasteiger charge is -2.36. The normalized spacial score (nSPS) is 12.9. The summed E-state index contributed by atoms with van der Waals surface area (Å²) in [6, 6.07) is 30.4. The molecule has 0 aliphatic heterocycles. The summed E-state index contributed by atoms with van der Waals surface area (Å²) in [5, 5.41) is 0. The van der Waals surface area contributed by atoms with E-state index in [2.05, 4.69) is 36.4 Å². The van der Waals surface area contributed by atoms with Crippen LogP contribution in [0.5, 0.6) is 0 Å². The molecule has 0 aliphatic rings. The first-order chi connectivity index (χ1) is 14.3. The Labute approximate surface area is 183 Å². The lowest BCUT2D eigenvalue weighted by molar-refractivity contribution is -0.155. The molecular formula is C26H29NO2S. The number of hydrogen-bond donors (Lipinski definition) is 1. The van der Waals surface area contributed by atoms with Crippen LogP contribution in [0, 0.1) is 0 Å². The molecule has 0 amide bonds. The summed E-state index contributed by atoms with van der Waals surface area (Å²) in [6.45, 7) is 5.56. The molecule has 0 saturated carbocycles. The fraction of sp³-hybridized carbons (Fsp3) is 0.269. The maximum Gasteiger partial charge on any atom is 0.324 e. The zero-order valence-electron chi connectivity index (χ0n) is 17.7. The van der Waals surface area contributed by atoms with Gasteiger partial charge in [0.25, 0.3) is 0 Å². The molecule has 3 rings (SSSR count). The van der Waals surface area contributed by atoms with Gasteiger partial charge in [0.05, 0.1) is 4.75 Å². The second-order valence-corrected chi connectivity index (χ2v) is 9.46. The van der Waals surface area contributed by atoms with Crippen molar-refractivity contribution in [1.29, 1.82) is 0 Å². The molecule has 3 aromatic carbocycles. The number of thioether (sulfide) groups is 1. The molecule has 0 aromatic heterocycles. The Morgan fingerprint density at radius 1 is 0.800 bits per heavy atom. The molecule has 0 fully saturated rings. The van der Waals surface area contributed by atoms with E-state index < -0.39 is 16.4 Å². The van der Waals surface area contributed by atoms with Crippen LogP contribution in [-0.4, -0.2) is 23.4 Å². The second kappa shape index (κ2) is 9.50. The van der Waals surface area contributed by atoms with Gasteiger partial charge in [0, 0.05) is 5.75 Å². The number of ether oxygens (including phenoxy) is 1. The third kappa shape index (κ3) is 5.13. The molecule has 2 N–H and O–H groups in total. The average Bonchev–Trinajstić information content (AvgIpc) is 2.75. The van der Waals surface area contributed by atoms with Gasteiger partial charge in [-0.15, -0.1) is 11.8 Å². The van der Waals surface area contributed by atoms with Gasteiger partial charge in [-0.1, -0.05) is 91.0 Å². The van der Waals surface area contributed by atoms with Gasteiger partial charge in [-0.25, -0.2) is 0 Å². The summed E-state index contributed by atoms with van der Waals surface area (Å²) in [4.78, 5) is 12.5. The van der Waals surface area contributed by atoms with Crippen LogP contribution in [0.4, 0.5) is 0 Å². The van der Waals surface area contributed by atoms with Crippen molar-refractivity contribution in [1.82, 2.24) is 0 Å². The van der Waals surface area contributed by atoms with E-state index in [1.807, 2.05) is 75.4 Å². The fourth-order valence-electron chi connectivity index (χ4n) is 3.43. The van der Waals surface area contributed by atoms with E-state index in [1.54, 1.807) is 11.8 Å². The second-order valence-electron chi connectivity index (χ2n) is 8.23. The van der Waals surface area contributed by atoms with Crippen LogP contribution in [-0.2, 0) is 14.3 Å². The number of carbonyl (C=O) groups is 1. The zero-order valence-corrected chi connectivity index (χ0v) is 18.6. The van der Waals surface area contributed by atoms with Crippen LogP contribution >= 0.6 is 11.8 Å². The zero-order chi connectivity index (χ0) is 21.6. The van der Waals surface area contributed by atoms with Crippen LogP contribution < -0.4 is 5.73 Å². The summed E-state index contributed by atoms with van der Waals surface area (Å²) in [6.07, 6.45) is 0. The maximum atomic E-state index is 12.5. The molecule has 0 unspecified atom stereocenters. The minimum atomic E-state index is -0.718. The molecule has 30 heavy (non-hydrogen) atoms. The number of rotatable bonds is 7. The topological polar surface area (TPSA) is 52.3 Å². The Morgan fingerprint density at radius 3 is 1.50 bits per heavy atom. The van der Waals surface area contributed by atoms with Gasteiger partial charge < -0.3 is 10.5 Å². The van der Waals surface area contributed by atoms with Gasteiger partial charge in [0.15, 0.2) is 0 Å². The van der Waals surface area contributed by atoms with E-state index >= 15 is 0 Å². The predicted octanol–water partition coefficient (Wildman–Crippen LogP) is 5.38. The quantitative estimate of drug-likeness (QED) is 0.413. The Kier molecular flexibility index (Phi) is 7.01. The average molecular weight is 420 g/mol. The summed E-state index contributed by atoms with van der Waals surface area (Å²) in [5.74, 6) is 0.0474. The molecule has 0 radical (unpaired) electrons. The van der Waals surface area contributed by atoms with E-state index in [0.717, 1.165) is 16.7 Å². The van der Waals surface area contributed by atoms with Crippen molar-refractivity contribution in [2.75, 3.05) is 5.75 Å². The van der Waals surface area contributed by atoms with E-state index in [0.29, 0.717) is 5.75 Å². The van der Waals surface area contributed by atoms with Crippen molar-refractivity contribution in [3.8, 4) is 0 Å². The van der Waals surface area contributed by atoms with Crippen LogP contribution in [0.1, 0.15) is 37.5 Å². The van der Waals surface area contributed by atoms with Crippen LogP contribution in [0.2, 0.25) is 0 Å². The highest BCUT2D eigenvalue weighted by molar-refractivity contribution is 8.00. The monoisotopic (exact) mass is 419 g/mol. The van der Waals surface area contributed by atoms with E-state index in [9.17, 15) is 4.79 Å². The number of benzene rings is 3. The molecule has 0 spiro atoms. The molecule has 4 heteroatoms. The standard InChI is InChI=1S/C26H29NO2S/c1-25(2,3)29-24(28)23(27)19-30-26(20-13-7-4-8-14-20,21-15-9-5-10-16-21)22-17-11-6-12-18-22/h4-18,23H,19,27H2,1-3H3/t23-/m1/s1. The van der Waals surface area contributed by atoms with Gasteiger partial charge >= 0.3 is 5.97 Å². The first-order valence-corrected chi connectivity index (χ1v) is 11.1. The largest absolute Gasteiger partial charge is 0.459 e. The lowest BCUT2D eigenvalue weighted by Crippen LogP contribution is -2.40. The van der Waals surface area contributed by atoms with Gasteiger partial charge in [0.2, 0.25) is 0 Å². The Bertz CT molecular complexity index is 840. The molecule has 3 aromatic rings. The Morgan fingerprint density at radius 2 is 1.17 bits per heavy atom. The minimum absolute atomic E-state index is 0.377. The van der Waals surface area contributed by atoms with Crippen molar-refractivity contribution in [2.45, 2.75) is 37.2 Å². The third-order valence-corrected chi connectivity index (χ3v) is 6.40. The molecule has 0 bridgehead atoms. The van der Waals surface area contributed by atoms with Gasteiger partial charge in [-0.05, 0) is 37.5 Å². The summed E-state index contributed by atoms with van der Waals surface area (Å²) in [5.41, 5.74) is 9.14. The van der Waals surface area contributed by atoms with Gasteiger partial charge in [-0.2, -0.15) is 0 Å². The van der Waals surface area contributed by atoms with E-state index in [-0.39, 0.29) is 5.97 Å². The molecule has 1 atom stereocenters. The van der Waals surface area contributed by atoms with Crippen molar-refractivity contribution in [3.05, 3.63) is 108 Å². The SMILES string of the molecule is CC(C)(C)OC(=O)[C@H](N)CSC(c1ccccc1)(c1ccccc1)c1ccccc1. The van der Waals surface area contributed by atoms with Crippen molar-refractivity contribution in [3.63, 3.8) is 0 Å². The van der Waals surface area contributed by atoms with E-state index in [1.165, 1.54) is 0 Å². The van der Waals surface area contributed by atoms with Crippen LogP contribution in [0.3, 0.4) is 0 Å². The maximum absolute atomic E-state index is 12.5. The highest BCUT2D eigenvalue weighted by atomic mass is 32.2. The minimum Gasteiger partial charge on any atom is -0.459 e. The summed E-state index contributed by atoms with van der Waals surface area (Å²) < 4.78 is 5.01. The van der Waals surface area contributed by atoms with Crippen LogP contribution in [0.25, 0.3) is 0 Å². The first-order valence-electron chi connectivity index (χ1n) is 10.1. The predicted molar refractivity (Wildman–Crippen MR) is 125 cm³/mol. The lowest BCUT2D eigenvalue weighted by atomic mass is 9.84. The summed E-state index contributed by atoms with van der Waals surface area (Å²) >= 11 is 1.66. The molecule has 0 aliphatic carbocycles. The fourth-order valence-corrected chi connectivity index (χ4v) is 4.90. The van der Waals surface area contributed by atoms with Crippen molar-refractivity contribution < 1.29 is 9.53 Å². The Hall–Kier alpha value is -2.56. The van der Waals surface area contributed by atoms with Crippen molar-refractivity contribution >= 4 is 17.7 Å². The van der Waals surface area contributed by atoms with Gasteiger partial charge in [-0.3, -0.25) is 4.79 Å². The smallest absolute Gasteiger partial charge is 0.324 e.